The van der Waals surface area contributed by atoms with Crippen LogP contribution >= 0.6 is 15.9 Å². The zero-order chi connectivity index (χ0) is 15.2. The minimum absolute atomic E-state index is 0.127. The third-order valence-corrected chi connectivity index (χ3v) is 3.88. The van der Waals surface area contributed by atoms with E-state index in [1.807, 2.05) is 6.92 Å². The second kappa shape index (κ2) is 7.66. The van der Waals surface area contributed by atoms with E-state index in [1.165, 1.54) is 0 Å². The van der Waals surface area contributed by atoms with Gasteiger partial charge in [0.1, 0.15) is 0 Å². The molecule has 2 rings (SSSR count). The average molecular weight is 358 g/mol. The van der Waals surface area contributed by atoms with Gasteiger partial charge < -0.3 is 19.5 Å². The number of amides is 1. The lowest BCUT2D eigenvalue weighted by molar-refractivity contribution is 0.0857. The van der Waals surface area contributed by atoms with Crippen LogP contribution in [0.5, 0.6) is 11.5 Å². The smallest absolute Gasteiger partial charge is 0.251 e. The lowest BCUT2D eigenvalue weighted by Crippen LogP contribution is -2.31. The number of methoxy groups -OCH3 is 1. The molecule has 1 aliphatic rings. The van der Waals surface area contributed by atoms with Crippen LogP contribution in [0.4, 0.5) is 0 Å². The van der Waals surface area contributed by atoms with Crippen molar-refractivity contribution in [3.05, 3.63) is 22.2 Å². The Hall–Kier alpha value is -1.27. The normalized spacial score (nSPS) is 17.6. The highest BCUT2D eigenvalue weighted by molar-refractivity contribution is 9.10. The Kier molecular flexibility index (Phi) is 5.87. The molecule has 1 atom stereocenters. The molecule has 1 aromatic carbocycles. The third-order valence-electron chi connectivity index (χ3n) is 3.29. The molecule has 116 valence electrons. The van der Waals surface area contributed by atoms with Gasteiger partial charge in [0, 0.05) is 18.7 Å². The minimum Gasteiger partial charge on any atom is -0.492 e. The van der Waals surface area contributed by atoms with Gasteiger partial charge in [-0.25, -0.2) is 0 Å². The highest BCUT2D eigenvalue weighted by Crippen LogP contribution is 2.36. The molecule has 0 bridgehead atoms. The van der Waals surface area contributed by atoms with Gasteiger partial charge in [-0.05, 0) is 47.8 Å². The Morgan fingerprint density at radius 2 is 2.33 bits per heavy atom. The minimum atomic E-state index is -0.144. The number of carbonyl (C=O) groups is 1. The van der Waals surface area contributed by atoms with Gasteiger partial charge in [-0.15, -0.1) is 0 Å². The van der Waals surface area contributed by atoms with E-state index in [0.29, 0.717) is 34.7 Å². The summed E-state index contributed by atoms with van der Waals surface area (Å²) in [6, 6.07) is 3.42. The monoisotopic (exact) mass is 357 g/mol. The van der Waals surface area contributed by atoms with E-state index in [4.69, 9.17) is 14.2 Å². The van der Waals surface area contributed by atoms with Gasteiger partial charge >= 0.3 is 0 Å². The lowest BCUT2D eigenvalue weighted by atomic mass is 10.1. The van der Waals surface area contributed by atoms with Crippen LogP contribution < -0.4 is 14.8 Å². The van der Waals surface area contributed by atoms with Crippen LogP contribution in [0.15, 0.2) is 16.6 Å². The van der Waals surface area contributed by atoms with Crippen LogP contribution in [-0.4, -0.2) is 38.9 Å². The molecule has 1 saturated heterocycles. The molecule has 0 spiro atoms. The zero-order valence-electron chi connectivity index (χ0n) is 12.3. The summed E-state index contributed by atoms with van der Waals surface area (Å²) in [5, 5.41) is 2.89. The first-order valence-electron chi connectivity index (χ1n) is 7.05. The summed E-state index contributed by atoms with van der Waals surface area (Å²) >= 11 is 3.40. The molecule has 1 aromatic rings. The van der Waals surface area contributed by atoms with E-state index in [0.717, 1.165) is 19.4 Å². The van der Waals surface area contributed by atoms with Crippen molar-refractivity contribution in [2.75, 3.05) is 26.9 Å². The van der Waals surface area contributed by atoms with Crippen LogP contribution in [0, 0.1) is 0 Å². The number of ether oxygens (including phenoxy) is 3. The average Bonchev–Trinajstić information content (AvgIpc) is 2.98. The summed E-state index contributed by atoms with van der Waals surface area (Å²) in [5.41, 5.74) is 0.532. The van der Waals surface area contributed by atoms with Crippen molar-refractivity contribution >= 4 is 21.8 Å². The van der Waals surface area contributed by atoms with Crippen molar-refractivity contribution in [1.82, 2.24) is 5.32 Å². The fourth-order valence-electron chi connectivity index (χ4n) is 2.27. The van der Waals surface area contributed by atoms with E-state index in [9.17, 15) is 4.79 Å². The van der Waals surface area contributed by atoms with Crippen molar-refractivity contribution in [1.29, 1.82) is 0 Å². The quantitative estimate of drug-likeness (QED) is 0.850. The molecule has 1 fully saturated rings. The van der Waals surface area contributed by atoms with E-state index in [2.05, 4.69) is 21.2 Å². The van der Waals surface area contributed by atoms with Crippen LogP contribution in [0.25, 0.3) is 0 Å². The molecule has 1 amide bonds. The van der Waals surface area contributed by atoms with E-state index >= 15 is 0 Å². The number of carbonyl (C=O) groups excluding carboxylic acids is 1. The predicted octanol–water partition coefficient (Wildman–Crippen LogP) is 2.77. The second-order valence-electron chi connectivity index (χ2n) is 4.77. The maximum atomic E-state index is 12.2. The summed E-state index contributed by atoms with van der Waals surface area (Å²) in [7, 11) is 1.57. The largest absolute Gasteiger partial charge is 0.492 e. The van der Waals surface area contributed by atoms with Gasteiger partial charge in [0.25, 0.3) is 5.91 Å². The summed E-state index contributed by atoms with van der Waals surface area (Å²) in [5.74, 6) is 0.999. The Balaban J connectivity index is 2.08. The topological polar surface area (TPSA) is 56.8 Å². The van der Waals surface area contributed by atoms with Gasteiger partial charge in [0.15, 0.2) is 11.5 Å². The molecular formula is C15H20BrNO4. The van der Waals surface area contributed by atoms with E-state index in [-0.39, 0.29) is 12.0 Å². The zero-order valence-corrected chi connectivity index (χ0v) is 13.9. The molecule has 0 aromatic heterocycles. The van der Waals surface area contributed by atoms with Gasteiger partial charge in [-0.2, -0.15) is 0 Å². The third kappa shape index (κ3) is 4.11. The molecule has 0 radical (unpaired) electrons. The van der Waals surface area contributed by atoms with Crippen molar-refractivity contribution in [2.24, 2.45) is 0 Å². The van der Waals surface area contributed by atoms with Crippen molar-refractivity contribution in [3.8, 4) is 11.5 Å². The Labute approximate surface area is 133 Å². The van der Waals surface area contributed by atoms with Gasteiger partial charge in [0.05, 0.1) is 24.3 Å². The SMILES string of the molecule is CCOc1cc(C(=O)NC[C@H]2CCCO2)cc(Br)c1OC. The predicted molar refractivity (Wildman–Crippen MR) is 83.2 cm³/mol. The molecule has 21 heavy (non-hydrogen) atoms. The lowest BCUT2D eigenvalue weighted by Gasteiger charge is -2.14. The molecule has 1 heterocycles. The first-order chi connectivity index (χ1) is 10.2. The van der Waals surface area contributed by atoms with Crippen LogP contribution in [0.2, 0.25) is 0 Å². The van der Waals surface area contributed by atoms with Crippen molar-refractivity contribution < 1.29 is 19.0 Å². The first-order valence-corrected chi connectivity index (χ1v) is 7.85. The maximum Gasteiger partial charge on any atom is 0.251 e. The number of hydrogen-bond donors (Lipinski definition) is 1. The van der Waals surface area contributed by atoms with Gasteiger partial charge in [-0.3, -0.25) is 4.79 Å². The van der Waals surface area contributed by atoms with Crippen molar-refractivity contribution in [2.45, 2.75) is 25.9 Å². The Morgan fingerprint density at radius 3 is 2.95 bits per heavy atom. The molecule has 6 heteroatoms. The van der Waals surface area contributed by atoms with Crippen LogP contribution in [0.1, 0.15) is 30.1 Å². The molecule has 1 N–H and O–H groups in total. The van der Waals surface area contributed by atoms with Gasteiger partial charge in [0.2, 0.25) is 0 Å². The number of hydrogen-bond acceptors (Lipinski definition) is 4. The summed E-state index contributed by atoms with van der Waals surface area (Å²) in [6.07, 6.45) is 2.18. The molecule has 0 unspecified atom stereocenters. The van der Waals surface area contributed by atoms with Gasteiger partial charge in [-0.1, -0.05) is 0 Å². The first kappa shape index (κ1) is 16.1. The number of halogens is 1. The Bertz CT molecular complexity index is 501. The highest BCUT2D eigenvalue weighted by Gasteiger charge is 2.18. The Morgan fingerprint density at radius 1 is 1.52 bits per heavy atom. The summed E-state index contributed by atoms with van der Waals surface area (Å²) in [6.45, 7) is 3.71. The number of rotatable bonds is 6. The molecular weight excluding hydrogens is 338 g/mol. The summed E-state index contributed by atoms with van der Waals surface area (Å²) < 4.78 is 17.0. The van der Waals surface area contributed by atoms with Crippen molar-refractivity contribution in [3.63, 3.8) is 0 Å². The standard InChI is InChI=1S/C15H20BrNO4/c1-3-20-13-8-10(7-12(16)14(13)19-2)15(18)17-9-11-5-4-6-21-11/h7-8,11H,3-6,9H2,1-2H3,(H,17,18)/t11-/m1/s1. The molecule has 0 aliphatic carbocycles. The van der Waals surface area contributed by atoms with Crippen LogP contribution in [0.3, 0.4) is 0 Å². The molecule has 5 nitrogen and oxygen atoms in total. The number of benzene rings is 1. The summed E-state index contributed by atoms with van der Waals surface area (Å²) in [4.78, 5) is 12.2. The fourth-order valence-corrected chi connectivity index (χ4v) is 2.88. The van der Waals surface area contributed by atoms with Crippen LogP contribution in [-0.2, 0) is 4.74 Å². The van der Waals surface area contributed by atoms with E-state index < -0.39 is 0 Å². The number of nitrogens with one attached hydrogen (secondary N) is 1. The highest BCUT2D eigenvalue weighted by atomic mass is 79.9. The molecule has 1 aliphatic heterocycles. The van der Waals surface area contributed by atoms with E-state index in [1.54, 1.807) is 19.2 Å². The maximum absolute atomic E-state index is 12.2. The molecule has 0 saturated carbocycles. The fraction of sp³-hybridized carbons (Fsp3) is 0.533. The second-order valence-corrected chi connectivity index (χ2v) is 5.62.